The average molecular weight is 304 g/mol. The molecular formula is C17H28N4O. The molecule has 1 atom stereocenters. The number of anilines is 2. The lowest BCUT2D eigenvalue weighted by Crippen LogP contribution is -2.55. The first-order valence-electron chi connectivity index (χ1n) is 8.14. The molecule has 1 saturated heterocycles. The van der Waals surface area contributed by atoms with Crippen molar-refractivity contribution >= 4 is 17.3 Å². The molecule has 1 unspecified atom stereocenters. The van der Waals surface area contributed by atoms with Crippen LogP contribution in [0, 0.1) is 5.92 Å². The van der Waals surface area contributed by atoms with Crippen LogP contribution in [0.25, 0.3) is 0 Å². The zero-order valence-electron chi connectivity index (χ0n) is 13.9. The third-order valence-electron chi connectivity index (χ3n) is 4.30. The lowest BCUT2D eigenvalue weighted by molar-refractivity contribution is -0.123. The first-order valence-corrected chi connectivity index (χ1v) is 8.14. The van der Waals surface area contributed by atoms with E-state index in [1.807, 2.05) is 18.2 Å². The molecule has 122 valence electrons. The molecule has 0 saturated carbocycles. The quantitative estimate of drug-likeness (QED) is 0.815. The predicted molar refractivity (Wildman–Crippen MR) is 91.8 cm³/mol. The maximum absolute atomic E-state index is 12.7. The minimum absolute atomic E-state index is 0.0607. The van der Waals surface area contributed by atoms with E-state index >= 15 is 0 Å². The Morgan fingerprint density at radius 1 is 1.27 bits per heavy atom. The van der Waals surface area contributed by atoms with E-state index in [-0.39, 0.29) is 17.9 Å². The van der Waals surface area contributed by atoms with Gasteiger partial charge in [-0.1, -0.05) is 26.8 Å². The molecule has 1 fully saturated rings. The van der Waals surface area contributed by atoms with Gasteiger partial charge in [0.2, 0.25) is 5.91 Å². The van der Waals surface area contributed by atoms with Gasteiger partial charge in [-0.15, -0.1) is 0 Å². The second-order valence-electron chi connectivity index (χ2n) is 6.27. The van der Waals surface area contributed by atoms with Gasteiger partial charge in [0.25, 0.3) is 0 Å². The normalized spacial score (nSPS) is 18.4. The van der Waals surface area contributed by atoms with E-state index in [9.17, 15) is 4.79 Å². The first-order chi connectivity index (χ1) is 10.5. The lowest BCUT2D eigenvalue weighted by Gasteiger charge is -2.39. The van der Waals surface area contributed by atoms with Gasteiger partial charge in [-0.3, -0.25) is 9.69 Å². The summed E-state index contributed by atoms with van der Waals surface area (Å²) >= 11 is 0. The van der Waals surface area contributed by atoms with Gasteiger partial charge in [0.1, 0.15) is 0 Å². The van der Waals surface area contributed by atoms with E-state index in [1.54, 1.807) is 6.07 Å². The van der Waals surface area contributed by atoms with Crippen molar-refractivity contribution in [2.45, 2.75) is 26.8 Å². The summed E-state index contributed by atoms with van der Waals surface area (Å²) < 4.78 is 0. The number of piperazine rings is 1. The molecule has 1 amide bonds. The third kappa shape index (κ3) is 4.21. The van der Waals surface area contributed by atoms with E-state index in [4.69, 9.17) is 5.73 Å². The topological polar surface area (TPSA) is 61.6 Å². The van der Waals surface area contributed by atoms with Crippen molar-refractivity contribution in [3.05, 3.63) is 24.3 Å². The van der Waals surface area contributed by atoms with Crippen LogP contribution in [0.5, 0.6) is 0 Å². The number of hydrogen-bond donors (Lipinski definition) is 2. The largest absolute Gasteiger partial charge is 0.399 e. The van der Waals surface area contributed by atoms with Crippen LogP contribution in [-0.4, -0.2) is 54.5 Å². The van der Waals surface area contributed by atoms with Crippen LogP contribution in [0.2, 0.25) is 0 Å². The number of nitrogens with two attached hydrogens (primary N) is 1. The summed E-state index contributed by atoms with van der Waals surface area (Å²) in [7, 11) is 0. The van der Waals surface area contributed by atoms with Gasteiger partial charge in [0, 0.05) is 37.6 Å². The Kier molecular flexibility index (Phi) is 5.80. The molecule has 5 heteroatoms. The molecule has 0 aromatic heterocycles. The van der Waals surface area contributed by atoms with Crippen molar-refractivity contribution in [2.24, 2.45) is 5.92 Å². The zero-order valence-corrected chi connectivity index (χ0v) is 13.9. The monoisotopic (exact) mass is 304 g/mol. The summed E-state index contributed by atoms with van der Waals surface area (Å²) in [5.41, 5.74) is 7.21. The molecule has 2 rings (SSSR count). The van der Waals surface area contributed by atoms with Crippen LogP contribution in [0.3, 0.4) is 0 Å². The third-order valence-corrected chi connectivity index (χ3v) is 4.30. The van der Waals surface area contributed by atoms with E-state index in [0.717, 1.165) is 38.4 Å². The first kappa shape index (κ1) is 16.8. The Morgan fingerprint density at radius 3 is 2.50 bits per heavy atom. The molecule has 0 radical (unpaired) electrons. The summed E-state index contributed by atoms with van der Waals surface area (Å²) in [5, 5.41) is 3.01. The molecule has 0 aliphatic carbocycles. The Labute approximate surface area is 133 Å². The molecule has 22 heavy (non-hydrogen) atoms. The summed E-state index contributed by atoms with van der Waals surface area (Å²) in [6, 6.07) is 7.25. The second-order valence-corrected chi connectivity index (χ2v) is 6.27. The molecule has 5 nitrogen and oxygen atoms in total. The molecule has 1 aliphatic rings. The van der Waals surface area contributed by atoms with Gasteiger partial charge in [-0.05, 0) is 30.7 Å². The van der Waals surface area contributed by atoms with Crippen molar-refractivity contribution in [3.63, 3.8) is 0 Å². The molecule has 0 bridgehead atoms. The molecule has 1 aromatic rings. The van der Waals surface area contributed by atoms with Crippen LogP contribution < -0.4 is 11.1 Å². The second kappa shape index (κ2) is 7.61. The van der Waals surface area contributed by atoms with Crippen LogP contribution in [0.15, 0.2) is 24.3 Å². The van der Waals surface area contributed by atoms with Crippen molar-refractivity contribution in [2.75, 3.05) is 43.8 Å². The van der Waals surface area contributed by atoms with Crippen LogP contribution in [0.1, 0.15) is 20.8 Å². The molecule has 1 heterocycles. The van der Waals surface area contributed by atoms with Gasteiger partial charge >= 0.3 is 0 Å². The maximum Gasteiger partial charge on any atom is 0.241 e. The van der Waals surface area contributed by atoms with E-state index in [0.29, 0.717) is 5.69 Å². The van der Waals surface area contributed by atoms with Gasteiger partial charge in [0.15, 0.2) is 0 Å². The number of likely N-dealkylation sites (N-methyl/N-ethyl adjacent to an activating group) is 1. The standard InChI is InChI=1S/C17H28N4O/c1-4-20-8-10-21(11-9-20)16(13(2)3)17(22)19-15-7-5-6-14(18)12-15/h5-7,12-13,16H,4,8-11,18H2,1-3H3,(H,19,22). The van der Waals surface area contributed by atoms with Gasteiger partial charge in [-0.2, -0.15) is 0 Å². The molecule has 0 spiro atoms. The summed E-state index contributed by atoms with van der Waals surface area (Å²) in [5.74, 6) is 0.333. The SMILES string of the molecule is CCN1CCN(C(C(=O)Nc2cccc(N)c2)C(C)C)CC1. The fraction of sp³-hybridized carbons (Fsp3) is 0.588. The van der Waals surface area contributed by atoms with Crippen LogP contribution in [0.4, 0.5) is 11.4 Å². The predicted octanol–water partition coefficient (Wildman–Crippen LogP) is 1.87. The minimum Gasteiger partial charge on any atom is -0.399 e. The Hall–Kier alpha value is -1.59. The average Bonchev–Trinajstić information content (AvgIpc) is 2.47. The van der Waals surface area contributed by atoms with Gasteiger partial charge < -0.3 is 16.0 Å². The number of nitrogens with one attached hydrogen (secondary N) is 1. The number of nitrogens with zero attached hydrogens (tertiary/aromatic N) is 2. The highest BCUT2D eigenvalue weighted by Gasteiger charge is 2.31. The summed E-state index contributed by atoms with van der Waals surface area (Å²) in [6.07, 6.45) is 0. The number of carbonyl (C=O) groups is 1. The summed E-state index contributed by atoms with van der Waals surface area (Å²) in [4.78, 5) is 17.4. The number of benzene rings is 1. The Morgan fingerprint density at radius 2 is 1.95 bits per heavy atom. The van der Waals surface area contributed by atoms with Gasteiger partial charge in [-0.25, -0.2) is 0 Å². The number of amides is 1. The highest BCUT2D eigenvalue weighted by Crippen LogP contribution is 2.18. The van der Waals surface area contributed by atoms with Crippen LogP contribution in [-0.2, 0) is 4.79 Å². The van der Waals surface area contributed by atoms with Gasteiger partial charge in [0.05, 0.1) is 6.04 Å². The lowest BCUT2D eigenvalue weighted by atomic mass is 10.0. The highest BCUT2D eigenvalue weighted by molar-refractivity contribution is 5.95. The Balaban J connectivity index is 2.03. The van der Waals surface area contributed by atoms with E-state index in [2.05, 4.69) is 35.9 Å². The smallest absolute Gasteiger partial charge is 0.241 e. The highest BCUT2D eigenvalue weighted by atomic mass is 16.2. The molecule has 1 aliphatic heterocycles. The number of nitrogen functional groups attached to an aromatic ring is 1. The van der Waals surface area contributed by atoms with Crippen molar-refractivity contribution in [1.82, 2.24) is 9.80 Å². The number of carbonyl (C=O) groups excluding carboxylic acids is 1. The fourth-order valence-electron chi connectivity index (χ4n) is 3.08. The Bertz CT molecular complexity index is 495. The number of hydrogen-bond acceptors (Lipinski definition) is 4. The van der Waals surface area contributed by atoms with E-state index < -0.39 is 0 Å². The molecule has 3 N–H and O–H groups in total. The van der Waals surface area contributed by atoms with E-state index in [1.165, 1.54) is 0 Å². The molecule has 1 aromatic carbocycles. The molecular weight excluding hydrogens is 276 g/mol. The van der Waals surface area contributed by atoms with Crippen molar-refractivity contribution < 1.29 is 4.79 Å². The van der Waals surface area contributed by atoms with Crippen molar-refractivity contribution in [3.8, 4) is 0 Å². The summed E-state index contributed by atoms with van der Waals surface area (Å²) in [6.45, 7) is 11.4. The fourth-order valence-corrected chi connectivity index (χ4v) is 3.08. The van der Waals surface area contributed by atoms with Crippen LogP contribution >= 0.6 is 0 Å². The maximum atomic E-state index is 12.7. The van der Waals surface area contributed by atoms with Crippen molar-refractivity contribution in [1.29, 1.82) is 0 Å². The minimum atomic E-state index is -0.0968. The zero-order chi connectivity index (χ0) is 16.1. The number of rotatable bonds is 5.